The first-order chi connectivity index (χ1) is 12.9. The number of aldehydes is 1. The Morgan fingerprint density at radius 3 is 2.56 bits per heavy atom. The third-order valence-corrected chi connectivity index (χ3v) is 7.05. The second-order valence-electron chi connectivity index (χ2n) is 7.11. The summed E-state index contributed by atoms with van der Waals surface area (Å²) in [6, 6.07) is 4.59. The molecule has 1 heterocycles. The lowest BCUT2D eigenvalue weighted by molar-refractivity contribution is -0.137. The molecule has 1 atom stereocenters. The van der Waals surface area contributed by atoms with Crippen LogP contribution in [0.1, 0.15) is 42.5 Å². The molecule has 0 radical (unpaired) electrons. The van der Waals surface area contributed by atoms with Gasteiger partial charge in [0.15, 0.2) is 22.7 Å². The zero-order valence-electron chi connectivity index (χ0n) is 15.4. The van der Waals surface area contributed by atoms with Gasteiger partial charge in [0.25, 0.3) is 5.91 Å². The molecule has 1 saturated carbocycles. The first-order valence-electron chi connectivity index (χ1n) is 9.21. The van der Waals surface area contributed by atoms with Crippen molar-refractivity contribution >= 4 is 22.0 Å². The van der Waals surface area contributed by atoms with E-state index in [9.17, 15) is 18.0 Å². The number of nitrogens with zero attached hydrogens (tertiary/aromatic N) is 1. The van der Waals surface area contributed by atoms with E-state index in [-0.39, 0.29) is 36.1 Å². The third kappa shape index (κ3) is 4.61. The molecule has 2 aliphatic rings. The van der Waals surface area contributed by atoms with Crippen molar-refractivity contribution in [1.29, 1.82) is 0 Å². The molecule has 1 saturated heterocycles. The average Bonchev–Trinajstić information content (AvgIpc) is 3.30. The number of sulfone groups is 1. The Morgan fingerprint density at radius 1 is 1.22 bits per heavy atom. The smallest absolute Gasteiger partial charge is 0.261 e. The van der Waals surface area contributed by atoms with E-state index in [1.807, 2.05) is 0 Å². The number of methoxy groups -OCH3 is 1. The number of hydrogen-bond acceptors (Lipinski definition) is 6. The van der Waals surface area contributed by atoms with Gasteiger partial charge in [-0.15, -0.1) is 0 Å². The van der Waals surface area contributed by atoms with Crippen molar-refractivity contribution in [3.63, 3.8) is 0 Å². The van der Waals surface area contributed by atoms with E-state index >= 15 is 0 Å². The molecule has 27 heavy (non-hydrogen) atoms. The molecule has 1 amide bonds. The molecule has 0 bridgehead atoms. The van der Waals surface area contributed by atoms with E-state index in [1.165, 1.54) is 7.11 Å². The van der Waals surface area contributed by atoms with Crippen LogP contribution in [0.25, 0.3) is 0 Å². The standard InChI is InChI=1S/C19H25NO6S/c1-25-17-6-7-18(14(10-17)11-21)26-12-19(22)20(15-4-2-3-5-15)16-8-9-27(23,24)13-16/h6-7,10-11,15-16H,2-5,8-9,12-13H2,1H3. The third-order valence-electron chi connectivity index (χ3n) is 5.30. The lowest BCUT2D eigenvalue weighted by Crippen LogP contribution is -2.48. The van der Waals surface area contributed by atoms with Crippen molar-refractivity contribution in [3.8, 4) is 11.5 Å². The van der Waals surface area contributed by atoms with E-state index in [4.69, 9.17) is 9.47 Å². The summed E-state index contributed by atoms with van der Waals surface area (Å²) in [6.07, 6.45) is 5.01. The molecule has 1 aliphatic heterocycles. The number of hydrogen-bond donors (Lipinski definition) is 0. The predicted molar refractivity (Wildman–Crippen MR) is 100 cm³/mol. The van der Waals surface area contributed by atoms with Crippen LogP contribution in [-0.2, 0) is 14.6 Å². The number of carbonyl (C=O) groups is 2. The number of amides is 1. The highest BCUT2D eigenvalue weighted by Crippen LogP contribution is 2.29. The minimum Gasteiger partial charge on any atom is -0.497 e. The summed E-state index contributed by atoms with van der Waals surface area (Å²) in [5.41, 5.74) is 0.304. The highest BCUT2D eigenvalue weighted by Gasteiger charge is 2.39. The highest BCUT2D eigenvalue weighted by molar-refractivity contribution is 7.91. The van der Waals surface area contributed by atoms with E-state index in [1.54, 1.807) is 23.1 Å². The fourth-order valence-electron chi connectivity index (χ4n) is 3.97. The van der Waals surface area contributed by atoms with Crippen LogP contribution >= 0.6 is 0 Å². The molecule has 1 aromatic rings. The van der Waals surface area contributed by atoms with Crippen LogP contribution in [0.15, 0.2) is 18.2 Å². The second kappa shape index (κ2) is 8.29. The summed E-state index contributed by atoms with van der Waals surface area (Å²) < 4.78 is 34.5. The maximum absolute atomic E-state index is 12.9. The Bertz CT molecular complexity index is 800. The molecular weight excluding hydrogens is 370 g/mol. The molecule has 0 aromatic heterocycles. The monoisotopic (exact) mass is 395 g/mol. The molecule has 7 nitrogen and oxygen atoms in total. The number of ether oxygens (including phenoxy) is 2. The summed E-state index contributed by atoms with van der Waals surface area (Å²) >= 11 is 0. The highest BCUT2D eigenvalue weighted by atomic mass is 32.2. The van der Waals surface area contributed by atoms with Gasteiger partial charge < -0.3 is 14.4 Å². The van der Waals surface area contributed by atoms with E-state index in [0.29, 0.717) is 29.8 Å². The molecule has 2 fully saturated rings. The van der Waals surface area contributed by atoms with Crippen LogP contribution in [0.3, 0.4) is 0 Å². The molecule has 3 rings (SSSR count). The van der Waals surface area contributed by atoms with Crippen LogP contribution in [0.4, 0.5) is 0 Å². The van der Waals surface area contributed by atoms with Crippen molar-refractivity contribution < 1.29 is 27.5 Å². The normalized spacial score (nSPS) is 21.7. The van der Waals surface area contributed by atoms with Gasteiger partial charge >= 0.3 is 0 Å². The van der Waals surface area contributed by atoms with Crippen LogP contribution in [-0.4, -0.2) is 62.8 Å². The Balaban J connectivity index is 1.72. The lowest BCUT2D eigenvalue weighted by Gasteiger charge is -2.34. The first kappa shape index (κ1) is 19.7. The summed E-state index contributed by atoms with van der Waals surface area (Å²) in [6.45, 7) is -0.222. The molecule has 0 spiro atoms. The lowest BCUT2D eigenvalue weighted by atomic mass is 10.1. The van der Waals surface area contributed by atoms with Crippen molar-refractivity contribution in [1.82, 2.24) is 4.90 Å². The maximum atomic E-state index is 12.9. The van der Waals surface area contributed by atoms with Gasteiger partial charge in [-0.2, -0.15) is 0 Å². The molecular formula is C19H25NO6S. The van der Waals surface area contributed by atoms with Gasteiger partial charge in [0.05, 0.1) is 24.2 Å². The van der Waals surface area contributed by atoms with Crippen molar-refractivity contribution in [2.75, 3.05) is 25.2 Å². The van der Waals surface area contributed by atoms with Gasteiger partial charge in [-0.1, -0.05) is 12.8 Å². The summed E-state index contributed by atoms with van der Waals surface area (Å²) in [7, 11) is -1.58. The summed E-state index contributed by atoms with van der Waals surface area (Å²) in [4.78, 5) is 25.9. The second-order valence-corrected chi connectivity index (χ2v) is 9.34. The van der Waals surface area contributed by atoms with Crippen molar-refractivity contribution in [2.24, 2.45) is 0 Å². The SMILES string of the molecule is COc1ccc(OCC(=O)N(C2CCCC2)C2CCS(=O)(=O)C2)c(C=O)c1. The Morgan fingerprint density at radius 2 is 1.96 bits per heavy atom. The van der Waals surface area contributed by atoms with Crippen molar-refractivity contribution in [3.05, 3.63) is 23.8 Å². The predicted octanol–water partition coefficient (Wildman–Crippen LogP) is 1.84. The average molecular weight is 395 g/mol. The zero-order chi connectivity index (χ0) is 19.4. The van der Waals surface area contributed by atoms with E-state index < -0.39 is 9.84 Å². The number of benzene rings is 1. The number of carbonyl (C=O) groups excluding carboxylic acids is 2. The quantitative estimate of drug-likeness (QED) is 0.655. The van der Waals surface area contributed by atoms with Crippen molar-refractivity contribution in [2.45, 2.75) is 44.2 Å². The Kier molecular flexibility index (Phi) is 6.04. The van der Waals surface area contributed by atoms with Crippen LogP contribution in [0.5, 0.6) is 11.5 Å². The van der Waals surface area contributed by atoms with Crippen LogP contribution in [0.2, 0.25) is 0 Å². The molecule has 1 unspecified atom stereocenters. The van der Waals surface area contributed by atoms with Gasteiger partial charge in [0.1, 0.15) is 11.5 Å². The van der Waals surface area contributed by atoms with Gasteiger partial charge in [-0.3, -0.25) is 9.59 Å². The Labute approximate surface area is 159 Å². The molecule has 148 valence electrons. The fraction of sp³-hybridized carbons (Fsp3) is 0.579. The van der Waals surface area contributed by atoms with Crippen LogP contribution in [0, 0.1) is 0 Å². The van der Waals surface area contributed by atoms with Gasteiger partial charge in [0, 0.05) is 12.1 Å². The largest absolute Gasteiger partial charge is 0.497 e. The molecule has 8 heteroatoms. The van der Waals surface area contributed by atoms with Gasteiger partial charge in [-0.05, 0) is 37.5 Å². The first-order valence-corrected chi connectivity index (χ1v) is 11.0. The summed E-state index contributed by atoms with van der Waals surface area (Å²) in [5, 5.41) is 0. The van der Waals surface area contributed by atoms with E-state index in [0.717, 1.165) is 25.7 Å². The van der Waals surface area contributed by atoms with Gasteiger partial charge in [0.2, 0.25) is 0 Å². The molecule has 1 aliphatic carbocycles. The Hall–Kier alpha value is -2.09. The minimum absolute atomic E-state index is 0.0252. The molecule has 0 N–H and O–H groups in total. The fourth-order valence-corrected chi connectivity index (χ4v) is 5.69. The zero-order valence-corrected chi connectivity index (χ0v) is 16.2. The minimum atomic E-state index is -3.08. The topological polar surface area (TPSA) is 90.0 Å². The maximum Gasteiger partial charge on any atom is 0.261 e. The number of rotatable bonds is 7. The summed E-state index contributed by atoms with van der Waals surface area (Å²) in [5.74, 6) is 0.765. The van der Waals surface area contributed by atoms with Gasteiger partial charge in [-0.25, -0.2) is 8.42 Å². The van der Waals surface area contributed by atoms with E-state index in [2.05, 4.69) is 0 Å². The van der Waals surface area contributed by atoms with Crippen LogP contribution < -0.4 is 9.47 Å². The molecule has 1 aromatic carbocycles.